The maximum Gasteiger partial charge on any atom is 0.118 e. The van der Waals surface area contributed by atoms with Crippen LogP contribution in [0.4, 0.5) is 0 Å². The van der Waals surface area contributed by atoms with Crippen LogP contribution in [0.2, 0.25) is 0 Å². The second kappa shape index (κ2) is 6.04. The first-order chi connectivity index (χ1) is 9.11. The minimum Gasteiger partial charge on any atom is -0.465 e. The summed E-state index contributed by atoms with van der Waals surface area (Å²) >= 11 is 0. The van der Waals surface area contributed by atoms with Crippen LogP contribution in [0.5, 0.6) is 0 Å². The molecule has 0 spiro atoms. The van der Waals surface area contributed by atoms with Crippen LogP contribution in [0.15, 0.2) is 40.8 Å². The molecule has 1 atom stereocenters. The number of aryl methyl sites for hydroxylation is 2. The third-order valence-electron chi connectivity index (χ3n) is 3.50. The van der Waals surface area contributed by atoms with E-state index in [0.717, 1.165) is 18.1 Å². The Balaban J connectivity index is 2.15. The van der Waals surface area contributed by atoms with Gasteiger partial charge in [-0.2, -0.15) is 0 Å². The summed E-state index contributed by atoms with van der Waals surface area (Å²) in [5.41, 5.74) is 8.53. The molecule has 1 heterocycles. The van der Waals surface area contributed by atoms with E-state index in [1.807, 2.05) is 19.1 Å². The number of furan rings is 1. The molecule has 1 unspecified atom stereocenters. The van der Waals surface area contributed by atoms with Crippen LogP contribution in [-0.4, -0.2) is 18.5 Å². The lowest BCUT2D eigenvalue weighted by atomic mass is 10.0. The monoisotopic (exact) mass is 258 g/mol. The summed E-state index contributed by atoms with van der Waals surface area (Å²) in [5, 5.41) is 0. The maximum atomic E-state index is 5.96. The highest BCUT2D eigenvalue weighted by atomic mass is 16.3. The van der Waals surface area contributed by atoms with E-state index in [4.69, 9.17) is 10.2 Å². The van der Waals surface area contributed by atoms with Gasteiger partial charge >= 0.3 is 0 Å². The standard InChI is InChI=1S/C16H22N2O/c1-12-6-4-5-7-15(12)16(10-17)18(3)11-14-9-8-13(2)19-14/h4-9,16H,10-11,17H2,1-3H3. The summed E-state index contributed by atoms with van der Waals surface area (Å²) in [6.45, 7) is 5.46. The molecule has 0 saturated heterocycles. The highest BCUT2D eigenvalue weighted by molar-refractivity contribution is 5.29. The SMILES string of the molecule is Cc1ccc(CN(C)C(CN)c2ccccc2C)o1. The second-order valence-electron chi connectivity index (χ2n) is 5.04. The van der Waals surface area contributed by atoms with Gasteiger partial charge in [0, 0.05) is 12.6 Å². The smallest absolute Gasteiger partial charge is 0.118 e. The number of likely N-dealkylation sites (N-methyl/N-ethyl adjacent to an activating group) is 1. The topological polar surface area (TPSA) is 42.4 Å². The molecule has 0 radical (unpaired) electrons. The second-order valence-corrected chi connectivity index (χ2v) is 5.04. The Labute approximate surface area is 115 Å². The summed E-state index contributed by atoms with van der Waals surface area (Å²) in [6, 6.07) is 12.6. The van der Waals surface area contributed by atoms with E-state index in [1.54, 1.807) is 0 Å². The Morgan fingerprint density at radius 2 is 1.89 bits per heavy atom. The van der Waals surface area contributed by atoms with Crippen LogP contribution in [0, 0.1) is 13.8 Å². The Bertz CT molecular complexity index is 533. The van der Waals surface area contributed by atoms with Crippen LogP contribution >= 0.6 is 0 Å². The van der Waals surface area contributed by atoms with Gasteiger partial charge in [-0.05, 0) is 44.2 Å². The van der Waals surface area contributed by atoms with Crippen molar-refractivity contribution in [2.75, 3.05) is 13.6 Å². The average molecular weight is 258 g/mol. The molecule has 1 aromatic heterocycles. The molecule has 2 rings (SSSR count). The van der Waals surface area contributed by atoms with Crippen molar-refractivity contribution >= 4 is 0 Å². The average Bonchev–Trinajstić information content (AvgIpc) is 2.78. The first kappa shape index (κ1) is 13.8. The summed E-state index contributed by atoms with van der Waals surface area (Å²) in [4.78, 5) is 2.24. The van der Waals surface area contributed by atoms with E-state index in [0.29, 0.717) is 6.54 Å². The van der Waals surface area contributed by atoms with E-state index in [2.05, 4.69) is 43.1 Å². The lowest BCUT2D eigenvalue weighted by Gasteiger charge is -2.27. The summed E-state index contributed by atoms with van der Waals surface area (Å²) in [5.74, 6) is 1.93. The van der Waals surface area contributed by atoms with Crippen molar-refractivity contribution in [3.63, 3.8) is 0 Å². The van der Waals surface area contributed by atoms with Crippen LogP contribution in [0.25, 0.3) is 0 Å². The molecule has 0 saturated carbocycles. The molecule has 19 heavy (non-hydrogen) atoms. The number of benzene rings is 1. The molecule has 102 valence electrons. The van der Waals surface area contributed by atoms with Gasteiger partial charge < -0.3 is 10.2 Å². The molecular formula is C16H22N2O. The van der Waals surface area contributed by atoms with Gasteiger partial charge in [0.05, 0.1) is 6.54 Å². The fourth-order valence-electron chi connectivity index (χ4n) is 2.43. The lowest BCUT2D eigenvalue weighted by Crippen LogP contribution is -2.30. The molecule has 0 aliphatic rings. The predicted octanol–water partition coefficient (Wildman–Crippen LogP) is 3.03. The van der Waals surface area contributed by atoms with E-state index in [1.165, 1.54) is 11.1 Å². The van der Waals surface area contributed by atoms with Crippen LogP contribution in [-0.2, 0) is 6.54 Å². The fourth-order valence-corrected chi connectivity index (χ4v) is 2.43. The first-order valence-corrected chi connectivity index (χ1v) is 6.63. The molecule has 3 nitrogen and oxygen atoms in total. The van der Waals surface area contributed by atoms with E-state index >= 15 is 0 Å². The molecule has 0 bridgehead atoms. The lowest BCUT2D eigenvalue weighted by molar-refractivity contribution is 0.221. The van der Waals surface area contributed by atoms with Crippen molar-refractivity contribution < 1.29 is 4.42 Å². The Hall–Kier alpha value is -1.58. The minimum absolute atomic E-state index is 0.214. The summed E-state index contributed by atoms with van der Waals surface area (Å²) in [6.07, 6.45) is 0. The zero-order valence-corrected chi connectivity index (χ0v) is 11.9. The molecule has 0 aliphatic carbocycles. The molecule has 2 aromatic rings. The Morgan fingerprint density at radius 3 is 2.47 bits per heavy atom. The van der Waals surface area contributed by atoms with E-state index in [9.17, 15) is 0 Å². The molecule has 2 N–H and O–H groups in total. The highest BCUT2D eigenvalue weighted by Crippen LogP contribution is 2.23. The van der Waals surface area contributed by atoms with Crippen molar-refractivity contribution in [2.24, 2.45) is 5.73 Å². The van der Waals surface area contributed by atoms with Gasteiger partial charge in [0.2, 0.25) is 0 Å². The summed E-state index contributed by atoms with van der Waals surface area (Å²) < 4.78 is 5.63. The fraction of sp³-hybridized carbons (Fsp3) is 0.375. The molecular weight excluding hydrogens is 236 g/mol. The predicted molar refractivity (Wildman–Crippen MR) is 77.9 cm³/mol. The van der Waals surface area contributed by atoms with Gasteiger partial charge in [-0.3, -0.25) is 4.90 Å². The molecule has 3 heteroatoms. The van der Waals surface area contributed by atoms with Crippen molar-refractivity contribution in [1.29, 1.82) is 0 Å². The number of rotatable bonds is 5. The summed E-state index contributed by atoms with van der Waals surface area (Å²) in [7, 11) is 2.09. The number of hydrogen-bond acceptors (Lipinski definition) is 3. The third-order valence-corrected chi connectivity index (χ3v) is 3.50. The van der Waals surface area contributed by atoms with Gasteiger partial charge in [-0.15, -0.1) is 0 Å². The van der Waals surface area contributed by atoms with Crippen molar-refractivity contribution in [2.45, 2.75) is 26.4 Å². The Kier molecular flexibility index (Phi) is 4.40. The molecule has 0 amide bonds. The Morgan fingerprint density at radius 1 is 1.16 bits per heavy atom. The normalized spacial score (nSPS) is 12.9. The van der Waals surface area contributed by atoms with E-state index in [-0.39, 0.29) is 6.04 Å². The number of nitrogens with two attached hydrogens (primary N) is 1. The molecule has 1 aromatic carbocycles. The van der Waals surface area contributed by atoms with Crippen molar-refractivity contribution in [3.8, 4) is 0 Å². The van der Waals surface area contributed by atoms with Crippen LogP contribution < -0.4 is 5.73 Å². The zero-order chi connectivity index (χ0) is 13.8. The number of hydrogen-bond donors (Lipinski definition) is 1. The quantitative estimate of drug-likeness (QED) is 0.896. The van der Waals surface area contributed by atoms with Crippen molar-refractivity contribution in [3.05, 3.63) is 59.0 Å². The van der Waals surface area contributed by atoms with Crippen molar-refractivity contribution in [1.82, 2.24) is 4.90 Å². The largest absolute Gasteiger partial charge is 0.465 e. The zero-order valence-electron chi connectivity index (χ0n) is 11.9. The molecule has 0 aliphatic heterocycles. The van der Waals surface area contributed by atoms with Gasteiger partial charge in [0.1, 0.15) is 11.5 Å². The van der Waals surface area contributed by atoms with E-state index < -0.39 is 0 Å². The van der Waals surface area contributed by atoms with Gasteiger partial charge in [0.25, 0.3) is 0 Å². The number of nitrogens with zero attached hydrogens (tertiary/aromatic N) is 1. The first-order valence-electron chi connectivity index (χ1n) is 6.63. The van der Waals surface area contributed by atoms with Crippen LogP contribution in [0.3, 0.4) is 0 Å². The van der Waals surface area contributed by atoms with Gasteiger partial charge in [-0.1, -0.05) is 24.3 Å². The maximum absolute atomic E-state index is 5.96. The molecule has 0 fully saturated rings. The highest BCUT2D eigenvalue weighted by Gasteiger charge is 2.18. The van der Waals surface area contributed by atoms with Crippen LogP contribution in [0.1, 0.15) is 28.7 Å². The van der Waals surface area contributed by atoms with Gasteiger partial charge in [0.15, 0.2) is 0 Å². The van der Waals surface area contributed by atoms with Gasteiger partial charge in [-0.25, -0.2) is 0 Å². The third kappa shape index (κ3) is 3.25. The minimum atomic E-state index is 0.214.